The Balaban J connectivity index is 1.43. The molecule has 3 amide bonds. The maximum atomic E-state index is 13.7. The fourth-order valence-electron chi connectivity index (χ4n) is 4.49. The molecule has 1 aliphatic carbocycles. The average molecular weight is 488 g/mol. The van der Waals surface area contributed by atoms with E-state index in [4.69, 9.17) is 11.6 Å². The third kappa shape index (κ3) is 5.50. The topological polar surface area (TPSA) is 127 Å². The highest BCUT2D eigenvalue weighted by molar-refractivity contribution is 6.31. The van der Waals surface area contributed by atoms with Crippen LogP contribution in [0.25, 0.3) is 10.9 Å². The summed E-state index contributed by atoms with van der Waals surface area (Å²) in [5.41, 5.74) is 0.329. The highest BCUT2D eigenvalue weighted by atomic mass is 35.5. The predicted octanol–water partition coefficient (Wildman–Crippen LogP) is 3.17. The number of halogens is 2. The molecule has 1 aliphatic heterocycles. The summed E-state index contributed by atoms with van der Waals surface area (Å²) < 4.78 is 13.7. The summed E-state index contributed by atoms with van der Waals surface area (Å²) in [4.78, 5) is 41.0. The first-order valence-electron chi connectivity index (χ1n) is 11.4. The molecule has 10 heteroatoms. The second-order valence-corrected chi connectivity index (χ2v) is 10.3. The van der Waals surface area contributed by atoms with Crippen molar-refractivity contribution in [2.75, 3.05) is 0 Å². The van der Waals surface area contributed by atoms with Gasteiger partial charge in [-0.25, -0.2) is 4.39 Å². The summed E-state index contributed by atoms with van der Waals surface area (Å²) in [6, 6.07) is 4.50. The molecule has 1 saturated heterocycles. The van der Waals surface area contributed by atoms with Gasteiger partial charge in [-0.05, 0) is 57.2 Å². The minimum atomic E-state index is -0.853. The van der Waals surface area contributed by atoms with Gasteiger partial charge in [0.25, 0.3) is 5.91 Å². The Morgan fingerprint density at radius 1 is 1.26 bits per heavy atom. The van der Waals surface area contributed by atoms with E-state index in [1.807, 2.05) is 13.8 Å². The van der Waals surface area contributed by atoms with Crippen molar-refractivity contribution in [1.29, 1.82) is 5.26 Å². The maximum Gasteiger partial charge on any atom is 0.268 e. The maximum absolute atomic E-state index is 13.7. The highest BCUT2D eigenvalue weighted by Crippen LogP contribution is 2.34. The monoisotopic (exact) mass is 487 g/mol. The van der Waals surface area contributed by atoms with Gasteiger partial charge in [0.1, 0.15) is 23.6 Å². The van der Waals surface area contributed by atoms with E-state index in [2.05, 4.69) is 27.0 Å². The van der Waals surface area contributed by atoms with E-state index in [1.54, 1.807) is 0 Å². The molecule has 1 saturated carbocycles. The zero-order valence-electron chi connectivity index (χ0n) is 19.0. The van der Waals surface area contributed by atoms with Crippen LogP contribution >= 0.6 is 11.6 Å². The van der Waals surface area contributed by atoms with Crippen LogP contribution in [0.4, 0.5) is 4.39 Å². The number of aromatic amines is 1. The molecular weight excluding hydrogens is 461 g/mol. The molecule has 34 heavy (non-hydrogen) atoms. The first kappa shape index (κ1) is 24.0. The van der Waals surface area contributed by atoms with Gasteiger partial charge in [0.2, 0.25) is 11.8 Å². The molecule has 0 bridgehead atoms. The number of benzene rings is 1. The standard InChI is InChI=1S/C24H27ClFN5O3/c1-24(2)10-14(21(32)31-24)6-15(11-27)28-22(33)19(5-12-3-4-12)30-23(34)20-8-13-7-17(26)16(25)9-18(13)29-20/h7-9,12,14-15,19,29H,3-6,10H2,1-2H3,(H,28,33)(H,30,34)(H,31,32)/t14-,15+,19+/m1/s1. The number of nitrogens with one attached hydrogen (secondary N) is 4. The number of nitrogens with zero attached hydrogens (tertiary/aromatic N) is 1. The van der Waals surface area contributed by atoms with E-state index in [-0.39, 0.29) is 34.5 Å². The molecule has 3 atom stereocenters. The molecule has 180 valence electrons. The number of carbonyl (C=O) groups excluding carboxylic acids is 3. The number of amides is 3. The van der Waals surface area contributed by atoms with Gasteiger partial charge in [-0.15, -0.1) is 0 Å². The average Bonchev–Trinajstić information content (AvgIpc) is 3.42. The van der Waals surface area contributed by atoms with Crippen molar-refractivity contribution in [3.8, 4) is 6.07 Å². The molecule has 0 spiro atoms. The Morgan fingerprint density at radius 2 is 2.00 bits per heavy atom. The number of aromatic nitrogens is 1. The number of hydrogen-bond donors (Lipinski definition) is 4. The Kier molecular flexibility index (Phi) is 6.54. The van der Waals surface area contributed by atoms with Crippen LogP contribution in [0.2, 0.25) is 5.02 Å². The second kappa shape index (κ2) is 9.26. The zero-order valence-corrected chi connectivity index (χ0v) is 19.8. The lowest BCUT2D eigenvalue weighted by atomic mass is 9.92. The van der Waals surface area contributed by atoms with E-state index < -0.39 is 29.7 Å². The van der Waals surface area contributed by atoms with Crippen LogP contribution in [0.1, 0.15) is 56.4 Å². The van der Waals surface area contributed by atoms with Crippen molar-refractivity contribution in [2.24, 2.45) is 11.8 Å². The lowest BCUT2D eigenvalue weighted by Crippen LogP contribution is -2.50. The smallest absolute Gasteiger partial charge is 0.268 e. The van der Waals surface area contributed by atoms with Gasteiger partial charge in [0.15, 0.2) is 0 Å². The predicted molar refractivity (Wildman–Crippen MR) is 124 cm³/mol. The number of rotatable bonds is 8. The largest absolute Gasteiger partial charge is 0.351 e. The number of H-pyrrole nitrogens is 1. The van der Waals surface area contributed by atoms with Gasteiger partial charge in [-0.2, -0.15) is 5.26 Å². The van der Waals surface area contributed by atoms with Crippen molar-refractivity contribution < 1.29 is 18.8 Å². The Morgan fingerprint density at radius 3 is 2.62 bits per heavy atom. The molecule has 1 aromatic heterocycles. The zero-order chi connectivity index (χ0) is 24.6. The second-order valence-electron chi connectivity index (χ2n) is 9.94. The van der Waals surface area contributed by atoms with Gasteiger partial charge in [-0.3, -0.25) is 14.4 Å². The third-order valence-electron chi connectivity index (χ3n) is 6.38. The lowest BCUT2D eigenvalue weighted by molar-refractivity contribution is -0.125. The van der Waals surface area contributed by atoms with Crippen LogP contribution in [0.5, 0.6) is 0 Å². The molecule has 2 fully saturated rings. The van der Waals surface area contributed by atoms with E-state index in [0.717, 1.165) is 12.8 Å². The molecule has 4 rings (SSSR count). The molecule has 4 N–H and O–H groups in total. The molecule has 0 radical (unpaired) electrons. The number of carbonyl (C=O) groups is 3. The molecule has 1 aromatic carbocycles. The van der Waals surface area contributed by atoms with Crippen molar-refractivity contribution >= 4 is 40.2 Å². The Bertz CT molecular complexity index is 1140. The molecular formula is C24H27ClFN5O3. The minimum Gasteiger partial charge on any atom is -0.351 e. The summed E-state index contributed by atoms with van der Waals surface area (Å²) >= 11 is 5.81. The summed E-state index contributed by atoms with van der Waals surface area (Å²) in [5.74, 6) is -1.73. The Hall–Kier alpha value is -3.12. The minimum absolute atomic E-state index is 0.0610. The van der Waals surface area contributed by atoms with Gasteiger partial charge in [0, 0.05) is 22.4 Å². The highest BCUT2D eigenvalue weighted by Gasteiger charge is 2.39. The van der Waals surface area contributed by atoms with Crippen LogP contribution < -0.4 is 16.0 Å². The van der Waals surface area contributed by atoms with Gasteiger partial charge in [0.05, 0.1) is 11.1 Å². The fraction of sp³-hybridized carbons (Fsp3) is 0.500. The number of hydrogen-bond acceptors (Lipinski definition) is 4. The quantitative estimate of drug-likeness (QED) is 0.456. The van der Waals surface area contributed by atoms with Crippen LogP contribution in [0.3, 0.4) is 0 Å². The van der Waals surface area contributed by atoms with E-state index in [1.165, 1.54) is 18.2 Å². The molecule has 2 heterocycles. The Labute approximate surface area is 201 Å². The van der Waals surface area contributed by atoms with Crippen LogP contribution in [-0.4, -0.2) is 40.3 Å². The van der Waals surface area contributed by atoms with Crippen LogP contribution in [0.15, 0.2) is 18.2 Å². The van der Waals surface area contributed by atoms with Gasteiger partial charge in [-0.1, -0.05) is 24.4 Å². The van der Waals surface area contributed by atoms with E-state index >= 15 is 0 Å². The fourth-order valence-corrected chi connectivity index (χ4v) is 4.65. The van der Waals surface area contributed by atoms with Gasteiger partial charge < -0.3 is 20.9 Å². The summed E-state index contributed by atoms with van der Waals surface area (Å²) in [7, 11) is 0. The third-order valence-corrected chi connectivity index (χ3v) is 6.67. The molecule has 8 nitrogen and oxygen atoms in total. The molecule has 2 aliphatic rings. The van der Waals surface area contributed by atoms with E-state index in [0.29, 0.717) is 29.7 Å². The van der Waals surface area contributed by atoms with E-state index in [9.17, 15) is 24.0 Å². The lowest BCUT2D eigenvalue weighted by Gasteiger charge is -2.21. The van der Waals surface area contributed by atoms with Crippen LogP contribution in [0, 0.1) is 29.0 Å². The molecule has 0 unspecified atom stereocenters. The molecule has 2 aromatic rings. The van der Waals surface area contributed by atoms with Crippen molar-refractivity contribution in [3.63, 3.8) is 0 Å². The van der Waals surface area contributed by atoms with Crippen molar-refractivity contribution in [3.05, 3.63) is 34.7 Å². The normalized spacial score (nSPS) is 20.9. The van der Waals surface area contributed by atoms with Crippen molar-refractivity contribution in [2.45, 2.75) is 63.6 Å². The first-order valence-corrected chi connectivity index (χ1v) is 11.7. The van der Waals surface area contributed by atoms with Crippen LogP contribution in [-0.2, 0) is 9.59 Å². The van der Waals surface area contributed by atoms with Crippen molar-refractivity contribution in [1.82, 2.24) is 20.9 Å². The first-order chi connectivity index (χ1) is 16.0. The summed E-state index contributed by atoms with van der Waals surface area (Å²) in [6.07, 6.45) is 3.18. The SMILES string of the molecule is CC1(C)C[C@@H](C[C@@H](C#N)NC(=O)[C@H](CC2CC2)NC(=O)c2cc3cc(F)c(Cl)cc3[nH]2)C(=O)N1. The summed E-state index contributed by atoms with van der Waals surface area (Å²) in [6.45, 7) is 3.83. The number of nitriles is 1. The summed E-state index contributed by atoms with van der Waals surface area (Å²) in [5, 5.41) is 18.3. The number of fused-ring (bicyclic) bond motifs is 1. The van der Waals surface area contributed by atoms with Gasteiger partial charge >= 0.3 is 0 Å².